The first-order chi connectivity index (χ1) is 43.1. The largest absolute Gasteiger partial charge is 1.00 e. The van der Waals surface area contributed by atoms with E-state index in [1.54, 1.807) is 51.1 Å². The fourth-order valence-corrected chi connectivity index (χ4v) is 13.0. The first-order valence-electron chi connectivity index (χ1n) is 33.0. The number of hydrogen-bond donors (Lipinski definition) is 9. The minimum absolute atomic E-state index is 0. The number of quaternary nitrogens is 1. The molecule has 0 saturated carbocycles. The smallest absolute Gasteiger partial charge is 1.00 e. The summed E-state index contributed by atoms with van der Waals surface area (Å²) in [6.45, 7) is 29.2. The van der Waals surface area contributed by atoms with Crippen molar-refractivity contribution in [1.29, 1.82) is 0 Å². The van der Waals surface area contributed by atoms with Gasteiger partial charge in [0, 0.05) is 123 Å². The Labute approximate surface area is 607 Å². The third-order valence-electron chi connectivity index (χ3n) is 16.9. The number of hydrogen-bond acceptors (Lipinski definition) is 14. The zero-order chi connectivity index (χ0) is 70.0. The number of amides is 5. The van der Waals surface area contributed by atoms with Gasteiger partial charge in [0.15, 0.2) is 5.43 Å². The van der Waals surface area contributed by atoms with Crippen LogP contribution in [0.4, 0.5) is 0 Å². The van der Waals surface area contributed by atoms with Crippen molar-refractivity contribution in [1.82, 2.24) is 26.6 Å². The third-order valence-corrected chi connectivity index (χ3v) is 18.5. The number of phenolic OH excluding ortho intramolecular Hbond substituents is 1. The van der Waals surface area contributed by atoms with E-state index in [0.29, 0.717) is 121 Å². The van der Waals surface area contributed by atoms with Crippen LogP contribution in [-0.4, -0.2) is 148 Å². The molecule has 0 fully saturated rings. The summed E-state index contributed by atoms with van der Waals surface area (Å²) >= 11 is 8.76. The molecular formula is C71H119BN6NaO13S3. The molecule has 1 aliphatic heterocycles. The quantitative estimate of drug-likeness (QED) is 0.00509. The van der Waals surface area contributed by atoms with E-state index in [1.807, 2.05) is 41.8 Å². The number of benzene rings is 3. The van der Waals surface area contributed by atoms with Crippen molar-refractivity contribution in [2.75, 3.05) is 71.4 Å². The molecule has 1 heterocycles. The fraction of sp³-hybridized carbons (Fsp3) is 0.648. The maximum atomic E-state index is 14.1. The summed E-state index contributed by atoms with van der Waals surface area (Å²) in [4.78, 5) is 88.1. The van der Waals surface area contributed by atoms with Crippen molar-refractivity contribution in [2.45, 2.75) is 193 Å². The van der Waals surface area contributed by atoms with Crippen LogP contribution in [0.5, 0.6) is 5.75 Å². The molecule has 533 valence electrons. The molecule has 0 saturated heterocycles. The number of thiol groups is 2. The van der Waals surface area contributed by atoms with Gasteiger partial charge in [0.05, 0.1) is 42.9 Å². The van der Waals surface area contributed by atoms with Crippen molar-refractivity contribution in [3.05, 3.63) is 76.5 Å². The first-order valence-corrected chi connectivity index (χ1v) is 35.7. The summed E-state index contributed by atoms with van der Waals surface area (Å²) in [5.41, 5.74) is -0.952. The number of rotatable bonds is 37. The van der Waals surface area contributed by atoms with Gasteiger partial charge < -0.3 is 51.7 Å². The zero-order valence-electron chi connectivity index (χ0n) is 60.6. The number of fused-ring (bicyclic) bond motifs is 2. The number of carbonyl (C=O) groups is 6. The van der Waals surface area contributed by atoms with Gasteiger partial charge in [-0.3, -0.25) is 28.8 Å². The SMILES string of the molecule is C.CC.CCC(C)(CC(C)(CC(C)(C)C(=O)NCCCNC(=O)CCCCC(S)CCS)C(=O)NCCC[N+](C)(C)CCCS(=O)(=O)[O-])C(=O)NCCCNC(C)=O.CCC(C)C(CC)C(C)C.O=C(O)c1ccccc1-c1c2ccc(=O)cc-2oc2cc(O)ccc12.[B].[H-].[Na+]. The number of phenols is 1. The molecule has 0 spiro atoms. The number of carboxylic acid groups (broad SMARTS) is 1. The van der Waals surface area contributed by atoms with Gasteiger partial charge in [0.2, 0.25) is 29.5 Å². The average molecular weight is 1390 g/mol. The number of nitrogens with one attached hydrogen (secondary N) is 5. The molecule has 19 nitrogen and oxygen atoms in total. The normalized spacial score (nSPS) is 13.4. The summed E-state index contributed by atoms with van der Waals surface area (Å²) in [6, 6.07) is 15.7. The van der Waals surface area contributed by atoms with Crippen LogP contribution in [0.3, 0.4) is 0 Å². The molecule has 0 aromatic heterocycles. The molecule has 7 N–H and O–H groups in total. The molecule has 5 amide bonds. The maximum absolute atomic E-state index is 14.1. The van der Waals surface area contributed by atoms with E-state index in [2.05, 4.69) is 86.5 Å². The van der Waals surface area contributed by atoms with Crippen LogP contribution >= 0.6 is 25.3 Å². The van der Waals surface area contributed by atoms with Gasteiger partial charge in [-0.05, 0) is 111 Å². The predicted molar refractivity (Wildman–Crippen MR) is 391 cm³/mol. The minimum Gasteiger partial charge on any atom is -1.00 e. The number of nitrogens with zero attached hydrogens (tertiary/aromatic N) is 1. The van der Waals surface area contributed by atoms with Crippen molar-refractivity contribution in [3.63, 3.8) is 0 Å². The Morgan fingerprint density at radius 1 is 0.716 bits per heavy atom. The summed E-state index contributed by atoms with van der Waals surface area (Å²) < 4.78 is 39.3. The molecule has 0 bridgehead atoms. The Hall–Kier alpha value is -4.62. The van der Waals surface area contributed by atoms with Gasteiger partial charge in [-0.25, -0.2) is 13.2 Å². The molecule has 3 radical (unpaired) electrons. The van der Waals surface area contributed by atoms with Crippen molar-refractivity contribution < 1.29 is 91.8 Å². The van der Waals surface area contributed by atoms with E-state index in [-0.39, 0.29) is 112 Å². The Morgan fingerprint density at radius 3 is 1.81 bits per heavy atom. The number of carbonyl (C=O) groups excluding carboxylic acids is 5. The van der Waals surface area contributed by atoms with E-state index in [9.17, 15) is 56.7 Å². The second-order valence-electron chi connectivity index (χ2n) is 26.2. The molecule has 2 aliphatic rings. The van der Waals surface area contributed by atoms with Crippen LogP contribution in [0.15, 0.2) is 69.9 Å². The van der Waals surface area contributed by atoms with Crippen LogP contribution < -0.4 is 61.6 Å². The molecule has 1 aliphatic carbocycles. The Balaban J connectivity index is -0.000000840. The molecule has 2 aromatic rings. The Kier molecular flexibility index (Phi) is 47.2. The van der Waals surface area contributed by atoms with Crippen LogP contribution in [0, 0.1) is 34.0 Å². The van der Waals surface area contributed by atoms with Crippen molar-refractivity contribution in [2.24, 2.45) is 34.0 Å². The van der Waals surface area contributed by atoms with Gasteiger partial charge in [0.25, 0.3) is 0 Å². The molecule has 2 aromatic carbocycles. The van der Waals surface area contributed by atoms with E-state index in [4.69, 9.17) is 4.42 Å². The molecule has 24 heteroatoms. The van der Waals surface area contributed by atoms with E-state index in [0.717, 1.165) is 49.2 Å². The number of aromatic carboxylic acids is 1. The van der Waals surface area contributed by atoms with Crippen LogP contribution in [0.1, 0.15) is 199 Å². The Morgan fingerprint density at radius 2 is 1.27 bits per heavy atom. The van der Waals surface area contributed by atoms with Gasteiger partial charge in [-0.1, -0.05) is 128 Å². The first kappa shape index (κ1) is 94.6. The molecular weight excluding hydrogens is 1270 g/mol. The van der Waals surface area contributed by atoms with Crippen molar-refractivity contribution in [3.8, 4) is 28.2 Å². The molecule has 5 unspecified atom stereocenters. The summed E-state index contributed by atoms with van der Waals surface area (Å²) in [7, 11) is -0.408. The fourth-order valence-electron chi connectivity index (χ4n) is 11.7. The monoisotopic (exact) mass is 1390 g/mol. The van der Waals surface area contributed by atoms with Crippen molar-refractivity contribution >= 4 is 90.3 Å². The topological polar surface area (TPSA) is 290 Å². The second kappa shape index (κ2) is 47.4. The summed E-state index contributed by atoms with van der Waals surface area (Å²) in [5, 5.41) is 34.9. The number of unbranched alkanes of at least 4 members (excludes halogenated alkanes) is 1. The van der Waals surface area contributed by atoms with E-state index in [1.165, 1.54) is 50.1 Å². The predicted octanol–water partition coefficient (Wildman–Crippen LogP) is 9.26. The summed E-state index contributed by atoms with van der Waals surface area (Å²) in [5.74, 6) is 1.50. The van der Waals surface area contributed by atoms with Crippen LogP contribution in [0.2, 0.25) is 0 Å². The van der Waals surface area contributed by atoms with Gasteiger partial charge in [-0.2, -0.15) is 25.3 Å². The number of aromatic hydroxyl groups is 1. The summed E-state index contributed by atoms with van der Waals surface area (Å²) in [6.07, 6.45) is 9.44. The van der Waals surface area contributed by atoms with Crippen LogP contribution in [0.25, 0.3) is 33.4 Å². The minimum atomic E-state index is -4.28. The second-order valence-corrected chi connectivity index (χ2v) is 28.9. The van der Waals surface area contributed by atoms with Crippen LogP contribution in [-0.2, 0) is 34.1 Å². The van der Waals surface area contributed by atoms with Gasteiger partial charge in [0.1, 0.15) is 17.1 Å². The third kappa shape index (κ3) is 35.1. The maximum Gasteiger partial charge on any atom is 1.00 e. The average Bonchev–Trinajstić information content (AvgIpc) is 0.760. The molecule has 5 atom stereocenters. The molecule has 4 rings (SSSR count). The standard InChI is InChI=1S/C38H74N6O8S3.C20H12O5.C10H22.C2H6.CH4.B.Na.H/c1-9-37(5,34(48)42-22-12-19-39-30(2)45)29-38(6,35(49)43-23-14-24-44(7,8)25-15-27-55(50,51)52)28-36(3,4)33(47)41-21-13-20-40-32(46)17-11-10-16-31(54)18-26-53;21-11-5-7-15-17(9-11)25-18-10-12(22)6-8-16(18)19(15)13-3-1-2-4-14(13)20(23)24;1-6-9(5)10(7-2)8(3)4;1-2;;;;/h31H,9-29H2,1-8H3,(H7-,39,40,41,42,43,45,46,47,48,49,50,51,52,53,54);1-10,21H,(H,23,24);8-10H,6-7H2,1-5H3;1-2H3;1H4;;;/q;;;;;;+1;-1. The Bertz CT molecular complexity index is 3090. The van der Waals surface area contributed by atoms with E-state index < -0.39 is 38.1 Å². The van der Waals surface area contributed by atoms with E-state index >= 15 is 0 Å². The van der Waals surface area contributed by atoms with Gasteiger partial charge >= 0.3 is 35.5 Å². The molecule has 95 heavy (non-hydrogen) atoms. The number of carboxylic acids is 1. The van der Waals surface area contributed by atoms with Gasteiger partial charge in [-0.15, -0.1) is 0 Å². The zero-order valence-corrected chi connectivity index (χ0v) is 64.2.